The number of hydrogen-bond acceptors (Lipinski definition) is 7. The number of fused-ring (bicyclic) bond motifs is 1. The Hall–Kier alpha value is -2.74. The van der Waals surface area contributed by atoms with Crippen LogP contribution in [0, 0.1) is 6.92 Å². The van der Waals surface area contributed by atoms with E-state index in [4.69, 9.17) is 23.0 Å². The van der Waals surface area contributed by atoms with E-state index in [1.165, 1.54) is 0 Å². The average molecular weight is 399 g/mol. The summed E-state index contributed by atoms with van der Waals surface area (Å²) in [5, 5.41) is 10.5. The third kappa shape index (κ3) is 5.41. The summed E-state index contributed by atoms with van der Waals surface area (Å²) in [6.45, 7) is 4.37. The normalized spacial score (nSPS) is 13.9. The molecule has 154 valence electrons. The third-order valence-electron chi connectivity index (χ3n) is 4.62. The monoisotopic (exact) mass is 399 g/mol. The van der Waals surface area contributed by atoms with Crippen LogP contribution in [0.4, 0.5) is 0 Å². The molecule has 1 atom stereocenters. The SMILES string of the molecule is Cc1ccc(CN(Cc2ccc3c(c2)OCO3)CC(O)COCc2ccco2)o1. The lowest BCUT2D eigenvalue weighted by atomic mass is 10.1. The highest BCUT2D eigenvalue weighted by atomic mass is 16.7. The van der Waals surface area contributed by atoms with Crippen molar-refractivity contribution < 1.29 is 28.2 Å². The molecule has 3 heterocycles. The molecular formula is C22H25NO6. The van der Waals surface area contributed by atoms with Gasteiger partial charge in [-0.25, -0.2) is 0 Å². The predicted octanol–water partition coefficient (Wildman–Crippen LogP) is 3.49. The summed E-state index contributed by atoms with van der Waals surface area (Å²) >= 11 is 0. The Morgan fingerprint density at radius 1 is 1.07 bits per heavy atom. The lowest BCUT2D eigenvalue weighted by Gasteiger charge is -2.24. The van der Waals surface area contributed by atoms with Gasteiger partial charge in [-0.1, -0.05) is 6.07 Å². The highest BCUT2D eigenvalue weighted by Gasteiger charge is 2.18. The number of aliphatic hydroxyl groups excluding tert-OH is 1. The first-order valence-electron chi connectivity index (χ1n) is 9.60. The summed E-state index contributed by atoms with van der Waals surface area (Å²) in [5.74, 6) is 3.96. The molecule has 1 unspecified atom stereocenters. The minimum atomic E-state index is -0.643. The van der Waals surface area contributed by atoms with Crippen LogP contribution in [-0.4, -0.2) is 36.1 Å². The van der Waals surface area contributed by atoms with Crippen molar-refractivity contribution in [3.63, 3.8) is 0 Å². The molecule has 7 nitrogen and oxygen atoms in total. The van der Waals surface area contributed by atoms with E-state index in [1.54, 1.807) is 6.26 Å². The summed E-state index contributed by atoms with van der Waals surface area (Å²) in [5.41, 5.74) is 1.07. The van der Waals surface area contributed by atoms with Crippen LogP contribution >= 0.6 is 0 Å². The second kappa shape index (κ2) is 9.17. The van der Waals surface area contributed by atoms with Crippen LogP contribution in [0.2, 0.25) is 0 Å². The Balaban J connectivity index is 1.37. The quantitative estimate of drug-likeness (QED) is 0.559. The van der Waals surface area contributed by atoms with Crippen molar-refractivity contribution >= 4 is 0 Å². The van der Waals surface area contributed by atoms with Gasteiger partial charge >= 0.3 is 0 Å². The number of rotatable bonds is 10. The smallest absolute Gasteiger partial charge is 0.231 e. The molecule has 0 saturated heterocycles. The molecule has 1 aliphatic rings. The maximum Gasteiger partial charge on any atom is 0.231 e. The summed E-state index contributed by atoms with van der Waals surface area (Å²) in [6.07, 6.45) is 0.961. The molecule has 2 aromatic heterocycles. The topological polar surface area (TPSA) is 77.4 Å². The van der Waals surface area contributed by atoms with Gasteiger partial charge in [0, 0.05) is 13.1 Å². The van der Waals surface area contributed by atoms with E-state index in [2.05, 4.69) is 4.90 Å². The van der Waals surface area contributed by atoms with Gasteiger partial charge in [0.25, 0.3) is 0 Å². The van der Waals surface area contributed by atoms with Gasteiger partial charge in [0.15, 0.2) is 11.5 Å². The van der Waals surface area contributed by atoms with Gasteiger partial charge in [0.05, 0.1) is 25.5 Å². The van der Waals surface area contributed by atoms with Crippen LogP contribution in [0.25, 0.3) is 0 Å². The number of aliphatic hydroxyl groups is 1. The van der Waals surface area contributed by atoms with Crippen molar-refractivity contribution in [3.05, 3.63) is 71.6 Å². The Morgan fingerprint density at radius 2 is 1.97 bits per heavy atom. The zero-order valence-electron chi connectivity index (χ0n) is 16.4. The van der Waals surface area contributed by atoms with Crippen molar-refractivity contribution in [2.45, 2.75) is 32.7 Å². The van der Waals surface area contributed by atoms with Crippen molar-refractivity contribution in [1.29, 1.82) is 0 Å². The predicted molar refractivity (Wildman–Crippen MR) is 104 cm³/mol. The van der Waals surface area contributed by atoms with Gasteiger partial charge in [-0.15, -0.1) is 0 Å². The highest BCUT2D eigenvalue weighted by Crippen LogP contribution is 2.33. The highest BCUT2D eigenvalue weighted by molar-refractivity contribution is 5.44. The van der Waals surface area contributed by atoms with Crippen molar-refractivity contribution in [2.24, 2.45) is 0 Å². The Morgan fingerprint density at radius 3 is 2.76 bits per heavy atom. The summed E-state index contributed by atoms with van der Waals surface area (Å²) in [6, 6.07) is 13.5. The zero-order valence-corrected chi connectivity index (χ0v) is 16.4. The molecule has 0 aliphatic carbocycles. The first-order chi connectivity index (χ1) is 14.2. The van der Waals surface area contributed by atoms with E-state index in [9.17, 15) is 5.11 Å². The van der Waals surface area contributed by atoms with E-state index in [-0.39, 0.29) is 13.4 Å². The Labute approximate surface area is 169 Å². The number of ether oxygens (including phenoxy) is 3. The van der Waals surface area contributed by atoms with Crippen molar-refractivity contribution in [2.75, 3.05) is 19.9 Å². The van der Waals surface area contributed by atoms with Gasteiger partial charge in [-0.2, -0.15) is 0 Å². The zero-order chi connectivity index (χ0) is 20.1. The van der Waals surface area contributed by atoms with Crippen LogP contribution in [0.3, 0.4) is 0 Å². The second-order valence-electron chi connectivity index (χ2n) is 7.12. The Kier molecular flexibility index (Phi) is 6.19. The molecule has 1 aliphatic heterocycles. The summed E-state index contributed by atoms with van der Waals surface area (Å²) < 4.78 is 27.4. The van der Waals surface area contributed by atoms with Crippen LogP contribution in [0.15, 0.2) is 57.6 Å². The molecule has 0 spiro atoms. The number of aryl methyl sites for hydroxylation is 1. The fourth-order valence-corrected chi connectivity index (χ4v) is 3.31. The molecule has 7 heteroatoms. The van der Waals surface area contributed by atoms with Gasteiger partial charge in [-0.05, 0) is 48.9 Å². The standard InChI is InChI=1S/C22H25NO6/c1-16-4-6-19(29-16)12-23(10-17-5-7-21-22(9-17)28-15-27-21)11-18(24)13-25-14-20-3-2-8-26-20/h2-9,18,24H,10-15H2,1H3. The van der Waals surface area contributed by atoms with Gasteiger partial charge in [0.2, 0.25) is 6.79 Å². The maximum atomic E-state index is 10.5. The lowest BCUT2D eigenvalue weighted by molar-refractivity contribution is 0.00159. The van der Waals surface area contributed by atoms with Gasteiger partial charge in [-0.3, -0.25) is 4.90 Å². The lowest BCUT2D eigenvalue weighted by Crippen LogP contribution is -2.34. The molecule has 0 amide bonds. The van der Waals surface area contributed by atoms with Crippen LogP contribution in [0.5, 0.6) is 11.5 Å². The van der Waals surface area contributed by atoms with Crippen molar-refractivity contribution in [1.82, 2.24) is 4.90 Å². The molecule has 0 saturated carbocycles. The first kappa shape index (κ1) is 19.6. The summed E-state index contributed by atoms with van der Waals surface area (Å²) in [7, 11) is 0. The number of hydrogen-bond donors (Lipinski definition) is 1. The second-order valence-corrected chi connectivity index (χ2v) is 7.12. The van der Waals surface area contributed by atoms with Crippen LogP contribution < -0.4 is 9.47 Å². The average Bonchev–Trinajstić information content (AvgIpc) is 3.44. The van der Waals surface area contributed by atoms with Crippen LogP contribution in [0.1, 0.15) is 22.8 Å². The van der Waals surface area contributed by atoms with Gasteiger partial charge in [0.1, 0.15) is 23.9 Å². The Bertz CT molecular complexity index is 904. The van der Waals surface area contributed by atoms with Gasteiger partial charge < -0.3 is 28.2 Å². The minimum Gasteiger partial charge on any atom is -0.467 e. The van der Waals surface area contributed by atoms with E-state index in [1.807, 2.05) is 49.4 Å². The number of furan rings is 2. The van der Waals surface area contributed by atoms with E-state index < -0.39 is 6.10 Å². The fraction of sp³-hybridized carbons (Fsp3) is 0.364. The van der Waals surface area contributed by atoms with E-state index >= 15 is 0 Å². The summed E-state index contributed by atoms with van der Waals surface area (Å²) in [4.78, 5) is 2.12. The molecule has 1 aromatic carbocycles. The van der Waals surface area contributed by atoms with Crippen LogP contribution in [-0.2, 0) is 24.4 Å². The first-order valence-corrected chi connectivity index (χ1v) is 9.60. The minimum absolute atomic E-state index is 0.218. The molecule has 29 heavy (non-hydrogen) atoms. The molecule has 0 bridgehead atoms. The van der Waals surface area contributed by atoms with Crippen molar-refractivity contribution in [3.8, 4) is 11.5 Å². The molecular weight excluding hydrogens is 374 g/mol. The molecule has 1 N–H and O–H groups in total. The number of nitrogens with zero attached hydrogens (tertiary/aromatic N) is 1. The molecule has 0 radical (unpaired) electrons. The molecule has 4 rings (SSSR count). The maximum absolute atomic E-state index is 10.5. The largest absolute Gasteiger partial charge is 0.467 e. The fourth-order valence-electron chi connectivity index (χ4n) is 3.31. The number of benzene rings is 1. The molecule has 0 fully saturated rings. The van der Waals surface area contributed by atoms with E-state index in [0.717, 1.165) is 34.3 Å². The molecule has 3 aromatic rings. The van der Waals surface area contributed by atoms with E-state index in [0.29, 0.717) is 26.2 Å². The third-order valence-corrected chi connectivity index (χ3v) is 4.62.